The zero-order chi connectivity index (χ0) is 12.4. The third-order valence-electron chi connectivity index (χ3n) is 2.99. The Morgan fingerprint density at radius 2 is 2.12 bits per heavy atom. The fourth-order valence-electron chi connectivity index (χ4n) is 1.42. The first-order valence-corrected chi connectivity index (χ1v) is 6.28. The number of likely N-dealkylation sites (N-methyl/N-ethyl adjacent to an activating group) is 1. The number of unbranched alkanes of at least 4 members (excludes halogenated alkanes) is 1. The van der Waals surface area contributed by atoms with Gasteiger partial charge in [0.05, 0.1) is 0 Å². The zero-order valence-corrected chi connectivity index (χ0v) is 11.0. The van der Waals surface area contributed by atoms with Crippen LogP contribution in [0, 0.1) is 0 Å². The Kier molecular flexibility index (Phi) is 9.24. The predicted octanol–water partition coefficient (Wildman–Crippen LogP) is 0.962. The molecule has 0 aromatic rings. The zero-order valence-electron chi connectivity index (χ0n) is 11.0. The summed E-state index contributed by atoms with van der Waals surface area (Å²) in [6.45, 7) is 6.69. The highest BCUT2D eigenvalue weighted by Crippen LogP contribution is 1.98. The standard InChI is InChI=1S/C12H27N3O/c1-4-11(2)15(3)10-9-14-12(16)7-5-6-8-13/h11H,4-10,13H2,1-3H3,(H,14,16). The fraction of sp³-hybridized carbons (Fsp3) is 0.917. The molecule has 0 radical (unpaired) electrons. The van der Waals surface area contributed by atoms with Crippen molar-refractivity contribution in [2.75, 3.05) is 26.7 Å². The Morgan fingerprint density at radius 1 is 1.44 bits per heavy atom. The van der Waals surface area contributed by atoms with Gasteiger partial charge in [0.1, 0.15) is 0 Å². The molecule has 0 saturated carbocycles. The molecule has 4 heteroatoms. The molecule has 1 unspecified atom stereocenters. The Hall–Kier alpha value is -0.610. The number of carbonyl (C=O) groups excluding carboxylic acids is 1. The number of nitrogens with one attached hydrogen (secondary N) is 1. The minimum Gasteiger partial charge on any atom is -0.355 e. The van der Waals surface area contributed by atoms with Gasteiger partial charge in [-0.25, -0.2) is 0 Å². The highest BCUT2D eigenvalue weighted by atomic mass is 16.1. The van der Waals surface area contributed by atoms with Crippen molar-refractivity contribution in [1.29, 1.82) is 0 Å². The van der Waals surface area contributed by atoms with Crippen molar-refractivity contribution in [2.24, 2.45) is 5.73 Å². The predicted molar refractivity (Wildman–Crippen MR) is 68.3 cm³/mol. The Balaban J connectivity index is 3.46. The number of nitrogens with two attached hydrogens (primary N) is 1. The molecule has 0 aromatic carbocycles. The van der Waals surface area contributed by atoms with E-state index in [0.717, 1.165) is 32.4 Å². The van der Waals surface area contributed by atoms with Crippen LogP contribution >= 0.6 is 0 Å². The van der Waals surface area contributed by atoms with E-state index >= 15 is 0 Å². The van der Waals surface area contributed by atoms with Gasteiger partial charge in [0.2, 0.25) is 5.91 Å². The second kappa shape index (κ2) is 9.60. The van der Waals surface area contributed by atoms with Gasteiger partial charge in [0, 0.05) is 25.6 Å². The van der Waals surface area contributed by atoms with Crippen molar-refractivity contribution >= 4 is 5.91 Å². The number of nitrogens with zero attached hydrogens (tertiary/aromatic N) is 1. The van der Waals surface area contributed by atoms with Gasteiger partial charge in [-0.3, -0.25) is 4.79 Å². The quantitative estimate of drug-likeness (QED) is 0.579. The molecule has 0 fully saturated rings. The lowest BCUT2D eigenvalue weighted by molar-refractivity contribution is -0.121. The number of hydrogen-bond acceptors (Lipinski definition) is 3. The normalized spacial score (nSPS) is 12.8. The average molecular weight is 229 g/mol. The van der Waals surface area contributed by atoms with Gasteiger partial charge < -0.3 is 16.0 Å². The van der Waals surface area contributed by atoms with E-state index in [9.17, 15) is 4.79 Å². The molecule has 0 bridgehead atoms. The number of hydrogen-bond donors (Lipinski definition) is 2. The molecule has 1 atom stereocenters. The molecule has 0 aliphatic carbocycles. The third kappa shape index (κ3) is 7.65. The molecule has 1 amide bonds. The first kappa shape index (κ1) is 15.4. The van der Waals surface area contributed by atoms with Gasteiger partial charge in [-0.1, -0.05) is 6.92 Å². The summed E-state index contributed by atoms with van der Waals surface area (Å²) >= 11 is 0. The lowest BCUT2D eigenvalue weighted by Crippen LogP contribution is -2.37. The van der Waals surface area contributed by atoms with Crippen molar-refractivity contribution in [3.63, 3.8) is 0 Å². The molecule has 0 aliphatic rings. The van der Waals surface area contributed by atoms with Crippen LogP contribution < -0.4 is 11.1 Å². The Bertz CT molecular complexity index is 185. The summed E-state index contributed by atoms with van der Waals surface area (Å²) in [6.07, 6.45) is 3.56. The molecule has 0 rings (SSSR count). The minimum atomic E-state index is 0.144. The third-order valence-corrected chi connectivity index (χ3v) is 2.99. The highest BCUT2D eigenvalue weighted by Gasteiger charge is 2.06. The van der Waals surface area contributed by atoms with Crippen LogP contribution in [0.25, 0.3) is 0 Å². The van der Waals surface area contributed by atoms with Crippen molar-refractivity contribution in [1.82, 2.24) is 10.2 Å². The fourth-order valence-corrected chi connectivity index (χ4v) is 1.42. The minimum absolute atomic E-state index is 0.144. The van der Waals surface area contributed by atoms with Gasteiger partial charge in [-0.2, -0.15) is 0 Å². The second-order valence-corrected chi connectivity index (χ2v) is 4.33. The molecule has 4 nitrogen and oxygen atoms in total. The molecule has 96 valence electrons. The van der Waals surface area contributed by atoms with Crippen LogP contribution in [0.1, 0.15) is 39.5 Å². The lowest BCUT2D eigenvalue weighted by Gasteiger charge is -2.23. The van der Waals surface area contributed by atoms with Crippen molar-refractivity contribution in [2.45, 2.75) is 45.6 Å². The molecule has 16 heavy (non-hydrogen) atoms. The van der Waals surface area contributed by atoms with Gasteiger partial charge in [-0.15, -0.1) is 0 Å². The summed E-state index contributed by atoms with van der Waals surface area (Å²) < 4.78 is 0. The van der Waals surface area contributed by atoms with E-state index in [0.29, 0.717) is 19.0 Å². The average Bonchev–Trinajstić information content (AvgIpc) is 2.28. The number of amides is 1. The van der Waals surface area contributed by atoms with Crippen molar-refractivity contribution in [3.05, 3.63) is 0 Å². The summed E-state index contributed by atoms with van der Waals surface area (Å²) in [7, 11) is 2.09. The Labute approximate surface area is 99.6 Å². The van der Waals surface area contributed by atoms with Gasteiger partial charge in [0.25, 0.3) is 0 Å². The van der Waals surface area contributed by atoms with E-state index in [1.165, 1.54) is 0 Å². The number of rotatable bonds is 9. The van der Waals surface area contributed by atoms with Crippen LogP contribution in [0.15, 0.2) is 0 Å². The summed E-state index contributed by atoms with van der Waals surface area (Å²) in [5.41, 5.74) is 5.36. The van der Waals surface area contributed by atoms with Crippen molar-refractivity contribution in [3.8, 4) is 0 Å². The van der Waals surface area contributed by atoms with E-state index in [4.69, 9.17) is 5.73 Å². The van der Waals surface area contributed by atoms with Crippen LogP contribution in [0.4, 0.5) is 0 Å². The maximum absolute atomic E-state index is 11.4. The SMILES string of the molecule is CCC(C)N(C)CCNC(=O)CCCCN. The van der Waals surface area contributed by atoms with E-state index < -0.39 is 0 Å². The number of carbonyl (C=O) groups is 1. The smallest absolute Gasteiger partial charge is 0.220 e. The molecule has 0 spiro atoms. The molecular formula is C12H27N3O. The summed E-state index contributed by atoms with van der Waals surface area (Å²) in [5.74, 6) is 0.144. The van der Waals surface area contributed by atoms with Crippen molar-refractivity contribution < 1.29 is 4.79 Å². The molecule has 0 saturated heterocycles. The second-order valence-electron chi connectivity index (χ2n) is 4.33. The summed E-state index contributed by atoms with van der Waals surface area (Å²) in [6, 6.07) is 0.578. The van der Waals surface area contributed by atoms with Crippen LogP contribution in [0.3, 0.4) is 0 Å². The highest BCUT2D eigenvalue weighted by molar-refractivity contribution is 5.75. The summed E-state index contributed by atoms with van der Waals surface area (Å²) in [5, 5.41) is 2.93. The molecule has 0 aliphatic heterocycles. The van der Waals surface area contributed by atoms with Crippen LogP contribution in [0.5, 0.6) is 0 Å². The maximum Gasteiger partial charge on any atom is 0.220 e. The van der Waals surface area contributed by atoms with E-state index in [2.05, 4.69) is 31.1 Å². The first-order chi connectivity index (χ1) is 7.61. The topological polar surface area (TPSA) is 58.4 Å². The van der Waals surface area contributed by atoms with Gasteiger partial charge in [-0.05, 0) is 39.8 Å². The van der Waals surface area contributed by atoms with Crippen LogP contribution in [0.2, 0.25) is 0 Å². The summed E-state index contributed by atoms with van der Waals surface area (Å²) in [4.78, 5) is 13.6. The Morgan fingerprint density at radius 3 is 2.69 bits per heavy atom. The van der Waals surface area contributed by atoms with E-state index in [1.54, 1.807) is 0 Å². The largest absolute Gasteiger partial charge is 0.355 e. The first-order valence-electron chi connectivity index (χ1n) is 6.28. The molecule has 3 N–H and O–H groups in total. The van der Waals surface area contributed by atoms with E-state index in [-0.39, 0.29) is 5.91 Å². The monoisotopic (exact) mass is 229 g/mol. The molecule has 0 aromatic heterocycles. The van der Waals surface area contributed by atoms with Gasteiger partial charge >= 0.3 is 0 Å². The van der Waals surface area contributed by atoms with E-state index in [1.807, 2.05) is 0 Å². The molecular weight excluding hydrogens is 202 g/mol. The molecule has 0 heterocycles. The van der Waals surface area contributed by atoms with Gasteiger partial charge in [0.15, 0.2) is 0 Å². The lowest BCUT2D eigenvalue weighted by atomic mass is 10.2. The maximum atomic E-state index is 11.4. The van der Waals surface area contributed by atoms with Crippen LogP contribution in [-0.4, -0.2) is 43.5 Å². The van der Waals surface area contributed by atoms with Crippen LogP contribution in [-0.2, 0) is 4.79 Å².